The molecular weight excluding hydrogens is 214 g/mol. The Labute approximate surface area is 105 Å². The highest BCUT2D eigenvalue weighted by molar-refractivity contribution is 5.75. The largest absolute Gasteiger partial charge is 0.349 e. The SMILES string of the molecule is CCNCC1CCCN(CCC(=O)N(C)C)C1. The quantitative estimate of drug-likeness (QED) is 0.747. The maximum Gasteiger partial charge on any atom is 0.223 e. The van der Waals surface area contributed by atoms with E-state index in [0.29, 0.717) is 6.42 Å². The van der Waals surface area contributed by atoms with E-state index in [1.165, 1.54) is 12.8 Å². The van der Waals surface area contributed by atoms with E-state index in [0.717, 1.165) is 38.6 Å². The molecule has 0 saturated carbocycles. The van der Waals surface area contributed by atoms with E-state index in [1.54, 1.807) is 4.90 Å². The van der Waals surface area contributed by atoms with Crippen LogP contribution >= 0.6 is 0 Å². The summed E-state index contributed by atoms with van der Waals surface area (Å²) in [4.78, 5) is 15.6. The van der Waals surface area contributed by atoms with Crippen LogP contribution in [0.25, 0.3) is 0 Å². The van der Waals surface area contributed by atoms with Crippen molar-refractivity contribution < 1.29 is 4.79 Å². The number of carbonyl (C=O) groups is 1. The molecule has 0 aromatic carbocycles. The van der Waals surface area contributed by atoms with E-state index in [9.17, 15) is 4.79 Å². The summed E-state index contributed by atoms with van der Waals surface area (Å²) in [5, 5.41) is 3.42. The minimum absolute atomic E-state index is 0.235. The van der Waals surface area contributed by atoms with Gasteiger partial charge >= 0.3 is 0 Å². The van der Waals surface area contributed by atoms with Crippen LogP contribution in [0.2, 0.25) is 0 Å². The smallest absolute Gasteiger partial charge is 0.223 e. The normalized spacial score (nSPS) is 21.5. The Kier molecular flexibility index (Phi) is 6.52. The summed E-state index contributed by atoms with van der Waals surface area (Å²) in [5.74, 6) is 0.997. The molecule has 0 radical (unpaired) electrons. The summed E-state index contributed by atoms with van der Waals surface area (Å²) in [6.07, 6.45) is 3.25. The van der Waals surface area contributed by atoms with Gasteiger partial charge in [0.25, 0.3) is 0 Å². The molecule has 1 heterocycles. The molecule has 1 atom stereocenters. The number of piperidine rings is 1. The first-order valence-electron chi connectivity index (χ1n) is 6.76. The zero-order valence-electron chi connectivity index (χ0n) is 11.5. The second-order valence-electron chi connectivity index (χ2n) is 5.15. The molecule has 100 valence electrons. The van der Waals surface area contributed by atoms with E-state index >= 15 is 0 Å². The van der Waals surface area contributed by atoms with Gasteiger partial charge in [-0.05, 0) is 38.4 Å². The number of hydrogen-bond donors (Lipinski definition) is 1. The number of hydrogen-bond acceptors (Lipinski definition) is 3. The first kappa shape index (κ1) is 14.5. The molecule has 0 aliphatic carbocycles. The number of nitrogens with one attached hydrogen (secondary N) is 1. The second-order valence-corrected chi connectivity index (χ2v) is 5.15. The van der Waals surface area contributed by atoms with Crippen LogP contribution in [0.3, 0.4) is 0 Å². The fourth-order valence-electron chi connectivity index (χ4n) is 2.35. The van der Waals surface area contributed by atoms with Crippen LogP contribution in [0, 0.1) is 5.92 Å². The molecule has 0 aromatic heterocycles. The first-order chi connectivity index (χ1) is 8.13. The molecule has 1 unspecified atom stereocenters. The second kappa shape index (κ2) is 7.67. The number of amides is 1. The van der Waals surface area contributed by atoms with E-state index in [4.69, 9.17) is 0 Å². The molecular formula is C13H27N3O. The molecule has 17 heavy (non-hydrogen) atoms. The van der Waals surface area contributed by atoms with Crippen LogP contribution in [0.1, 0.15) is 26.2 Å². The average molecular weight is 241 g/mol. The van der Waals surface area contributed by atoms with Gasteiger partial charge in [0.05, 0.1) is 0 Å². The van der Waals surface area contributed by atoms with Gasteiger partial charge in [-0.2, -0.15) is 0 Å². The van der Waals surface area contributed by atoms with Crippen LogP contribution in [-0.4, -0.2) is 62.5 Å². The Hall–Kier alpha value is -0.610. The topological polar surface area (TPSA) is 35.6 Å². The molecule has 1 amide bonds. The summed E-state index contributed by atoms with van der Waals surface area (Å²) in [5.41, 5.74) is 0. The molecule has 1 aliphatic rings. The third-order valence-corrected chi connectivity index (χ3v) is 3.43. The van der Waals surface area contributed by atoms with Crippen LogP contribution in [0.15, 0.2) is 0 Å². The van der Waals surface area contributed by atoms with Gasteiger partial charge in [0.1, 0.15) is 0 Å². The van der Waals surface area contributed by atoms with Gasteiger partial charge in [0.15, 0.2) is 0 Å². The number of rotatable bonds is 6. The average Bonchev–Trinajstić information content (AvgIpc) is 2.33. The van der Waals surface area contributed by atoms with Gasteiger partial charge in [-0.1, -0.05) is 6.92 Å². The van der Waals surface area contributed by atoms with Crippen molar-refractivity contribution >= 4 is 5.91 Å². The molecule has 4 heteroatoms. The Balaban J connectivity index is 2.22. The van der Waals surface area contributed by atoms with Gasteiger partial charge in [-0.3, -0.25) is 4.79 Å². The van der Waals surface area contributed by atoms with Crippen molar-refractivity contribution in [2.75, 3.05) is 46.8 Å². The third kappa shape index (κ3) is 5.50. The lowest BCUT2D eigenvalue weighted by atomic mass is 9.98. The highest BCUT2D eigenvalue weighted by Gasteiger charge is 2.19. The summed E-state index contributed by atoms with van der Waals surface area (Å²) in [6.45, 7) is 7.54. The summed E-state index contributed by atoms with van der Waals surface area (Å²) >= 11 is 0. The van der Waals surface area contributed by atoms with E-state index in [2.05, 4.69) is 17.1 Å². The lowest BCUT2D eigenvalue weighted by Gasteiger charge is -2.32. The number of likely N-dealkylation sites (tertiary alicyclic amines) is 1. The van der Waals surface area contributed by atoms with Gasteiger partial charge in [0, 0.05) is 33.6 Å². The van der Waals surface area contributed by atoms with E-state index in [1.807, 2.05) is 14.1 Å². The summed E-state index contributed by atoms with van der Waals surface area (Å²) in [6, 6.07) is 0. The van der Waals surface area contributed by atoms with E-state index < -0.39 is 0 Å². The van der Waals surface area contributed by atoms with E-state index in [-0.39, 0.29) is 5.91 Å². The fourth-order valence-corrected chi connectivity index (χ4v) is 2.35. The minimum atomic E-state index is 0.235. The molecule has 0 spiro atoms. The van der Waals surface area contributed by atoms with Crippen molar-refractivity contribution in [3.05, 3.63) is 0 Å². The molecule has 0 bridgehead atoms. The summed E-state index contributed by atoms with van der Waals surface area (Å²) in [7, 11) is 3.65. The molecule has 1 rings (SSSR count). The molecule has 4 nitrogen and oxygen atoms in total. The Bertz CT molecular complexity index is 231. The molecule has 1 saturated heterocycles. The lowest BCUT2D eigenvalue weighted by molar-refractivity contribution is -0.129. The van der Waals surface area contributed by atoms with Crippen LogP contribution in [0.4, 0.5) is 0 Å². The minimum Gasteiger partial charge on any atom is -0.349 e. The summed E-state index contributed by atoms with van der Waals surface area (Å²) < 4.78 is 0. The number of nitrogens with zero attached hydrogens (tertiary/aromatic N) is 2. The van der Waals surface area contributed by atoms with Gasteiger partial charge in [-0.15, -0.1) is 0 Å². The standard InChI is InChI=1S/C13H27N3O/c1-4-14-10-12-6-5-8-16(11-12)9-7-13(17)15(2)3/h12,14H,4-11H2,1-3H3. The first-order valence-corrected chi connectivity index (χ1v) is 6.76. The zero-order valence-corrected chi connectivity index (χ0v) is 11.5. The molecule has 1 aliphatic heterocycles. The van der Waals surface area contributed by atoms with Gasteiger partial charge < -0.3 is 15.1 Å². The Morgan fingerprint density at radius 3 is 2.88 bits per heavy atom. The lowest BCUT2D eigenvalue weighted by Crippen LogP contribution is -2.41. The Morgan fingerprint density at radius 2 is 2.24 bits per heavy atom. The predicted octanol–water partition coefficient (Wildman–Crippen LogP) is 0.786. The maximum absolute atomic E-state index is 11.5. The van der Waals surface area contributed by atoms with Crippen molar-refractivity contribution in [3.8, 4) is 0 Å². The van der Waals surface area contributed by atoms with Crippen LogP contribution < -0.4 is 5.32 Å². The highest BCUT2D eigenvalue weighted by atomic mass is 16.2. The molecule has 0 aromatic rings. The predicted molar refractivity (Wildman–Crippen MR) is 71.0 cm³/mol. The Morgan fingerprint density at radius 1 is 1.47 bits per heavy atom. The van der Waals surface area contributed by atoms with Crippen molar-refractivity contribution in [1.82, 2.24) is 15.1 Å². The fraction of sp³-hybridized carbons (Fsp3) is 0.923. The van der Waals surface area contributed by atoms with Crippen molar-refractivity contribution in [2.45, 2.75) is 26.2 Å². The molecule has 1 fully saturated rings. The van der Waals surface area contributed by atoms with Crippen molar-refractivity contribution in [2.24, 2.45) is 5.92 Å². The van der Waals surface area contributed by atoms with Crippen LogP contribution in [0.5, 0.6) is 0 Å². The van der Waals surface area contributed by atoms with Gasteiger partial charge in [-0.25, -0.2) is 0 Å². The van der Waals surface area contributed by atoms with Gasteiger partial charge in [0.2, 0.25) is 5.91 Å². The number of carbonyl (C=O) groups excluding carboxylic acids is 1. The van der Waals surface area contributed by atoms with Crippen molar-refractivity contribution in [1.29, 1.82) is 0 Å². The maximum atomic E-state index is 11.5. The van der Waals surface area contributed by atoms with Crippen LogP contribution in [-0.2, 0) is 4.79 Å². The highest BCUT2D eigenvalue weighted by Crippen LogP contribution is 2.15. The monoisotopic (exact) mass is 241 g/mol. The van der Waals surface area contributed by atoms with Crippen molar-refractivity contribution in [3.63, 3.8) is 0 Å². The third-order valence-electron chi connectivity index (χ3n) is 3.43. The molecule has 1 N–H and O–H groups in total. The zero-order chi connectivity index (χ0) is 12.7.